The lowest BCUT2D eigenvalue weighted by Gasteiger charge is -2.22. The molecule has 3 aromatic carbocycles. The first-order valence-electron chi connectivity index (χ1n) is 9.41. The van der Waals surface area contributed by atoms with Gasteiger partial charge in [-0.05, 0) is 18.6 Å². The van der Waals surface area contributed by atoms with Crippen LogP contribution in [-0.2, 0) is 4.79 Å². The Morgan fingerprint density at radius 2 is 1.41 bits per heavy atom. The summed E-state index contributed by atoms with van der Waals surface area (Å²) in [6, 6.07) is 26.4. The van der Waals surface area contributed by atoms with Crippen LogP contribution >= 0.6 is 0 Å². The highest BCUT2D eigenvalue weighted by Crippen LogP contribution is 2.38. The Hall–Kier alpha value is -3.79. The number of benzene rings is 3. The summed E-state index contributed by atoms with van der Waals surface area (Å²) < 4.78 is 0. The van der Waals surface area contributed by atoms with E-state index in [-0.39, 0.29) is 5.78 Å². The fourth-order valence-corrected chi connectivity index (χ4v) is 3.84. The third-order valence-electron chi connectivity index (χ3n) is 5.05. The fourth-order valence-electron chi connectivity index (χ4n) is 3.84. The van der Waals surface area contributed by atoms with Crippen LogP contribution in [0.4, 0.5) is 0 Å². The number of pyridine rings is 1. The quantitative estimate of drug-likeness (QED) is 0.544. The predicted octanol–water partition coefficient (Wildman–Crippen LogP) is 4.72. The second-order valence-electron chi connectivity index (χ2n) is 6.95. The van der Waals surface area contributed by atoms with Crippen molar-refractivity contribution in [2.24, 2.45) is 5.73 Å². The molecule has 0 fully saturated rings. The number of para-hydroxylation sites is 1. The first kappa shape index (κ1) is 18.6. The summed E-state index contributed by atoms with van der Waals surface area (Å²) >= 11 is 0. The minimum atomic E-state index is -0.647. The lowest BCUT2D eigenvalue weighted by Crippen LogP contribution is -2.21. The number of primary amides is 1. The van der Waals surface area contributed by atoms with Crippen molar-refractivity contribution in [3.05, 3.63) is 102 Å². The molecule has 1 heterocycles. The van der Waals surface area contributed by atoms with Gasteiger partial charge in [-0.25, -0.2) is 4.98 Å². The van der Waals surface area contributed by atoms with Crippen LogP contribution in [-0.4, -0.2) is 16.7 Å². The van der Waals surface area contributed by atoms with Gasteiger partial charge < -0.3 is 5.73 Å². The van der Waals surface area contributed by atoms with Crippen molar-refractivity contribution in [3.8, 4) is 11.3 Å². The molecule has 29 heavy (non-hydrogen) atoms. The molecule has 142 valence electrons. The first-order valence-corrected chi connectivity index (χ1v) is 9.41. The van der Waals surface area contributed by atoms with Crippen LogP contribution in [0.3, 0.4) is 0 Å². The first-order chi connectivity index (χ1) is 14.1. The maximum absolute atomic E-state index is 12.9. The lowest BCUT2D eigenvalue weighted by molar-refractivity contribution is -0.117. The Balaban J connectivity index is 2.16. The van der Waals surface area contributed by atoms with Crippen molar-refractivity contribution < 1.29 is 9.59 Å². The van der Waals surface area contributed by atoms with Gasteiger partial charge in [0.05, 0.1) is 22.7 Å². The maximum Gasteiger partial charge on any atom is 0.249 e. The normalized spacial score (nSPS) is 11.9. The van der Waals surface area contributed by atoms with Gasteiger partial charge in [0.1, 0.15) is 5.78 Å². The molecule has 2 N–H and O–H groups in total. The minimum Gasteiger partial charge on any atom is -0.366 e. The largest absolute Gasteiger partial charge is 0.366 e. The molecule has 1 unspecified atom stereocenters. The van der Waals surface area contributed by atoms with Gasteiger partial charge in [0.2, 0.25) is 5.91 Å². The molecule has 0 radical (unpaired) electrons. The summed E-state index contributed by atoms with van der Waals surface area (Å²) in [5.41, 5.74) is 9.67. The van der Waals surface area contributed by atoms with Gasteiger partial charge in [-0.1, -0.05) is 78.9 Å². The number of Topliss-reactive ketones (excluding diaryl/α,β-unsaturated/α-hetero) is 1. The van der Waals surface area contributed by atoms with Crippen LogP contribution in [0.2, 0.25) is 0 Å². The number of nitrogens with two attached hydrogens (primary N) is 1. The third kappa shape index (κ3) is 3.41. The van der Waals surface area contributed by atoms with Crippen LogP contribution < -0.4 is 5.73 Å². The second-order valence-corrected chi connectivity index (χ2v) is 6.95. The Morgan fingerprint density at radius 3 is 2.03 bits per heavy atom. The van der Waals surface area contributed by atoms with Crippen molar-refractivity contribution in [2.75, 3.05) is 0 Å². The van der Waals surface area contributed by atoms with Gasteiger partial charge in [0.15, 0.2) is 0 Å². The van der Waals surface area contributed by atoms with Crippen LogP contribution in [0, 0.1) is 0 Å². The zero-order valence-corrected chi connectivity index (χ0v) is 16.0. The van der Waals surface area contributed by atoms with Crippen molar-refractivity contribution in [1.82, 2.24) is 4.98 Å². The van der Waals surface area contributed by atoms with Crippen LogP contribution in [0.1, 0.15) is 34.3 Å². The number of rotatable bonds is 5. The lowest BCUT2D eigenvalue weighted by atomic mass is 9.81. The molecule has 0 aliphatic heterocycles. The van der Waals surface area contributed by atoms with Gasteiger partial charge in [-0.2, -0.15) is 0 Å². The average molecular weight is 380 g/mol. The summed E-state index contributed by atoms with van der Waals surface area (Å²) in [6.45, 7) is 1.53. The maximum atomic E-state index is 12.9. The number of aromatic nitrogens is 1. The summed E-state index contributed by atoms with van der Waals surface area (Å²) in [7, 11) is 0. The molecule has 0 aliphatic rings. The van der Waals surface area contributed by atoms with Gasteiger partial charge in [0.25, 0.3) is 0 Å². The number of amides is 1. The number of fused-ring (bicyclic) bond motifs is 1. The van der Waals surface area contributed by atoms with Crippen molar-refractivity contribution >= 4 is 22.6 Å². The zero-order chi connectivity index (χ0) is 20.4. The summed E-state index contributed by atoms with van der Waals surface area (Å²) in [6.07, 6.45) is 0. The molecule has 4 nitrogen and oxygen atoms in total. The highest BCUT2D eigenvalue weighted by atomic mass is 16.1. The fraction of sp³-hybridized carbons (Fsp3) is 0.0800. The molecule has 4 heteroatoms. The van der Waals surface area contributed by atoms with Gasteiger partial charge in [-0.3, -0.25) is 9.59 Å². The van der Waals surface area contributed by atoms with Crippen LogP contribution in [0.15, 0.2) is 84.9 Å². The third-order valence-corrected chi connectivity index (χ3v) is 5.05. The van der Waals surface area contributed by atoms with E-state index in [0.717, 1.165) is 11.1 Å². The van der Waals surface area contributed by atoms with Crippen molar-refractivity contribution in [2.45, 2.75) is 12.8 Å². The molecule has 4 rings (SSSR count). The van der Waals surface area contributed by atoms with E-state index in [1.165, 1.54) is 6.92 Å². The molecule has 0 saturated carbocycles. The standard InChI is InChI=1S/C25H20N2O2/c1-16(28)21(17-10-4-2-5-11-17)23-22(25(26)29)19-14-8-9-15-20(19)27-24(23)18-12-6-3-7-13-18/h2-15,21H,1H3,(H2,26,29). The van der Waals surface area contributed by atoms with Gasteiger partial charge in [-0.15, -0.1) is 0 Å². The smallest absolute Gasteiger partial charge is 0.249 e. The molecule has 0 spiro atoms. The summed E-state index contributed by atoms with van der Waals surface area (Å²) in [5.74, 6) is -1.29. The van der Waals surface area contributed by atoms with E-state index in [2.05, 4.69) is 0 Å². The highest BCUT2D eigenvalue weighted by molar-refractivity contribution is 6.10. The van der Waals surface area contributed by atoms with Crippen molar-refractivity contribution in [1.29, 1.82) is 0 Å². The number of carbonyl (C=O) groups excluding carboxylic acids is 2. The number of hydrogen-bond acceptors (Lipinski definition) is 3. The predicted molar refractivity (Wildman–Crippen MR) is 115 cm³/mol. The summed E-state index contributed by atoms with van der Waals surface area (Å²) in [4.78, 5) is 30.4. The molecule has 1 amide bonds. The van der Waals surface area contributed by atoms with Gasteiger partial charge in [0, 0.05) is 16.5 Å². The van der Waals surface area contributed by atoms with E-state index in [1.54, 1.807) is 0 Å². The van der Waals surface area contributed by atoms with E-state index >= 15 is 0 Å². The van der Waals surface area contributed by atoms with E-state index in [0.29, 0.717) is 27.7 Å². The highest BCUT2D eigenvalue weighted by Gasteiger charge is 2.30. The van der Waals surface area contributed by atoms with Crippen molar-refractivity contribution in [3.63, 3.8) is 0 Å². The van der Waals surface area contributed by atoms with E-state index in [9.17, 15) is 9.59 Å². The van der Waals surface area contributed by atoms with Crippen LogP contribution in [0.25, 0.3) is 22.2 Å². The average Bonchev–Trinajstić information content (AvgIpc) is 2.74. The molecule has 0 aliphatic carbocycles. The molecular formula is C25H20N2O2. The van der Waals surface area contributed by atoms with E-state index < -0.39 is 11.8 Å². The molecule has 0 saturated heterocycles. The Morgan fingerprint density at radius 1 is 0.828 bits per heavy atom. The van der Waals surface area contributed by atoms with E-state index in [4.69, 9.17) is 10.7 Å². The number of hydrogen-bond donors (Lipinski definition) is 1. The topological polar surface area (TPSA) is 73.1 Å². The van der Waals surface area contributed by atoms with E-state index in [1.807, 2.05) is 84.9 Å². The number of nitrogens with zero attached hydrogens (tertiary/aromatic N) is 1. The second kappa shape index (κ2) is 7.68. The molecule has 1 aromatic heterocycles. The Kier molecular flexibility index (Phi) is 4.92. The Labute approximate surface area is 169 Å². The summed E-state index contributed by atoms with van der Waals surface area (Å²) in [5, 5.41) is 0.650. The number of carbonyl (C=O) groups is 2. The molecular weight excluding hydrogens is 360 g/mol. The SMILES string of the molecule is CC(=O)C(c1ccccc1)c1c(-c2ccccc2)nc2ccccc2c1C(N)=O. The Bertz CT molecular complexity index is 1200. The zero-order valence-electron chi connectivity index (χ0n) is 16.0. The minimum absolute atomic E-state index is 0.0760. The number of ketones is 1. The molecule has 4 aromatic rings. The monoisotopic (exact) mass is 380 g/mol. The van der Waals surface area contributed by atoms with Gasteiger partial charge >= 0.3 is 0 Å². The molecule has 1 atom stereocenters. The van der Waals surface area contributed by atoms with Crippen LogP contribution in [0.5, 0.6) is 0 Å². The molecule has 0 bridgehead atoms.